The number of hydrogen-bond donors (Lipinski definition) is 1. The first-order valence-corrected chi connectivity index (χ1v) is 7.60. The van der Waals surface area contributed by atoms with Gasteiger partial charge in [0.15, 0.2) is 5.78 Å². The molecule has 4 rings (SSSR count). The lowest BCUT2D eigenvalue weighted by molar-refractivity contribution is 0.0963. The van der Waals surface area contributed by atoms with Gasteiger partial charge in [-0.3, -0.25) is 4.79 Å². The van der Waals surface area contributed by atoms with E-state index in [1.54, 1.807) is 6.20 Å². The summed E-state index contributed by atoms with van der Waals surface area (Å²) in [6.07, 6.45) is 1.73. The number of nitrogens with one attached hydrogen (secondary N) is 1. The standard InChI is InChI=1S/C15H11N5OS/c21-13(11-8-16-12-5-2-1-4-10(11)12)9-20-18-15(17-19-20)14-6-3-7-22-14/h1-8,16H,9H2. The lowest BCUT2D eigenvalue weighted by Crippen LogP contribution is -2.12. The van der Waals surface area contributed by atoms with Crippen LogP contribution in [0.5, 0.6) is 0 Å². The van der Waals surface area contributed by atoms with Gasteiger partial charge in [-0.25, -0.2) is 0 Å². The van der Waals surface area contributed by atoms with Crippen LogP contribution in [-0.2, 0) is 6.54 Å². The fraction of sp³-hybridized carbons (Fsp3) is 0.0667. The predicted molar refractivity (Wildman–Crippen MR) is 83.8 cm³/mol. The first kappa shape index (κ1) is 12.9. The van der Waals surface area contributed by atoms with Gasteiger partial charge in [0.2, 0.25) is 5.82 Å². The second-order valence-corrected chi connectivity index (χ2v) is 5.74. The van der Waals surface area contributed by atoms with Crippen molar-refractivity contribution in [3.63, 3.8) is 0 Å². The summed E-state index contributed by atoms with van der Waals surface area (Å²) in [5.41, 5.74) is 1.59. The number of rotatable bonds is 4. The number of aromatic amines is 1. The van der Waals surface area contributed by atoms with Crippen LogP contribution in [0.4, 0.5) is 0 Å². The molecule has 22 heavy (non-hydrogen) atoms. The normalized spacial score (nSPS) is 11.1. The van der Waals surface area contributed by atoms with Crippen LogP contribution in [-0.4, -0.2) is 31.0 Å². The molecule has 0 spiro atoms. The van der Waals surface area contributed by atoms with Crippen LogP contribution in [0.25, 0.3) is 21.6 Å². The highest BCUT2D eigenvalue weighted by Gasteiger charge is 2.14. The van der Waals surface area contributed by atoms with Gasteiger partial charge < -0.3 is 4.98 Å². The van der Waals surface area contributed by atoms with E-state index >= 15 is 0 Å². The Balaban J connectivity index is 1.60. The number of H-pyrrole nitrogens is 1. The third-order valence-corrected chi connectivity index (χ3v) is 4.23. The SMILES string of the molecule is O=C(Cn1nnc(-c2cccs2)n1)c1c[nH]c2ccccc12. The van der Waals surface area contributed by atoms with Gasteiger partial charge in [-0.2, -0.15) is 4.80 Å². The molecule has 0 bridgehead atoms. The zero-order chi connectivity index (χ0) is 14.9. The Labute approximate surface area is 129 Å². The molecule has 0 aliphatic carbocycles. The summed E-state index contributed by atoms with van der Waals surface area (Å²) < 4.78 is 0. The van der Waals surface area contributed by atoms with Crippen LogP contribution in [0.15, 0.2) is 48.0 Å². The number of fused-ring (bicyclic) bond motifs is 1. The van der Waals surface area contributed by atoms with E-state index in [-0.39, 0.29) is 12.3 Å². The number of hydrogen-bond acceptors (Lipinski definition) is 5. The number of Topliss-reactive ketones (excluding diaryl/α,β-unsaturated/α-hetero) is 1. The zero-order valence-corrected chi connectivity index (χ0v) is 12.2. The number of carbonyl (C=O) groups excluding carboxylic acids is 1. The molecule has 3 heterocycles. The quantitative estimate of drug-likeness (QED) is 0.588. The van der Waals surface area contributed by atoms with Crippen LogP contribution in [0.2, 0.25) is 0 Å². The lowest BCUT2D eigenvalue weighted by atomic mass is 10.1. The van der Waals surface area contributed by atoms with Gasteiger partial charge in [-0.1, -0.05) is 24.3 Å². The monoisotopic (exact) mass is 309 g/mol. The van der Waals surface area contributed by atoms with Crippen molar-refractivity contribution < 1.29 is 4.79 Å². The highest BCUT2D eigenvalue weighted by atomic mass is 32.1. The van der Waals surface area contributed by atoms with Crippen molar-refractivity contribution in [1.82, 2.24) is 25.2 Å². The maximum Gasteiger partial charge on any atom is 0.214 e. The summed E-state index contributed by atoms with van der Waals surface area (Å²) in [6, 6.07) is 11.6. The number of tetrazole rings is 1. The molecule has 6 nitrogen and oxygen atoms in total. The van der Waals surface area contributed by atoms with Crippen LogP contribution in [0.3, 0.4) is 0 Å². The summed E-state index contributed by atoms with van der Waals surface area (Å²) in [4.78, 5) is 17.8. The van der Waals surface area contributed by atoms with Crippen molar-refractivity contribution in [3.05, 3.63) is 53.5 Å². The average molecular weight is 309 g/mol. The van der Waals surface area contributed by atoms with E-state index in [4.69, 9.17) is 0 Å². The van der Waals surface area contributed by atoms with Gasteiger partial charge in [0.1, 0.15) is 6.54 Å². The minimum atomic E-state index is -0.0485. The van der Waals surface area contributed by atoms with E-state index in [2.05, 4.69) is 20.4 Å². The Morgan fingerprint density at radius 1 is 1.23 bits per heavy atom. The second-order valence-electron chi connectivity index (χ2n) is 4.79. The Bertz CT molecular complexity index is 938. The Morgan fingerprint density at radius 3 is 3.00 bits per heavy atom. The minimum absolute atomic E-state index is 0.0485. The maximum absolute atomic E-state index is 12.4. The largest absolute Gasteiger partial charge is 0.360 e. The van der Waals surface area contributed by atoms with Crippen molar-refractivity contribution in [2.24, 2.45) is 0 Å². The number of thiophene rings is 1. The van der Waals surface area contributed by atoms with Crippen molar-refractivity contribution in [2.45, 2.75) is 6.54 Å². The fourth-order valence-corrected chi connectivity index (χ4v) is 2.98. The minimum Gasteiger partial charge on any atom is -0.360 e. The third kappa shape index (κ3) is 2.21. The van der Waals surface area contributed by atoms with Gasteiger partial charge >= 0.3 is 0 Å². The molecule has 3 aromatic heterocycles. The van der Waals surface area contributed by atoms with E-state index in [1.165, 1.54) is 16.1 Å². The van der Waals surface area contributed by atoms with Crippen molar-refractivity contribution in [3.8, 4) is 10.7 Å². The molecule has 0 fully saturated rings. The molecular formula is C15H11N5OS. The Hall–Kier alpha value is -2.80. The number of aromatic nitrogens is 5. The third-order valence-electron chi connectivity index (χ3n) is 3.37. The number of benzene rings is 1. The number of carbonyl (C=O) groups is 1. The topological polar surface area (TPSA) is 76.5 Å². The molecule has 0 saturated heterocycles. The number of ketones is 1. The summed E-state index contributed by atoms with van der Waals surface area (Å²) in [7, 11) is 0. The molecule has 0 saturated carbocycles. The summed E-state index contributed by atoms with van der Waals surface area (Å²) in [5.74, 6) is 0.495. The maximum atomic E-state index is 12.4. The van der Waals surface area contributed by atoms with E-state index in [0.717, 1.165) is 15.8 Å². The molecule has 0 aliphatic rings. The average Bonchev–Trinajstić information content (AvgIpc) is 3.27. The second kappa shape index (κ2) is 5.19. The Kier molecular flexibility index (Phi) is 3.05. The van der Waals surface area contributed by atoms with E-state index in [1.807, 2.05) is 41.8 Å². The molecule has 0 amide bonds. The van der Waals surface area contributed by atoms with Gasteiger partial charge in [0, 0.05) is 22.7 Å². The number of para-hydroxylation sites is 1. The van der Waals surface area contributed by atoms with Crippen LogP contribution >= 0.6 is 11.3 Å². The summed E-state index contributed by atoms with van der Waals surface area (Å²) >= 11 is 1.54. The Morgan fingerprint density at radius 2 is 2.14 bits per heavy atom. The zero-order valence-electron chi connectivity index (χ0n) is 11.4. The highest BCUT2D eigenvalue weighted by Crippen LogP contribution is 2.20. The predicted octanol–water partition coefficient (Wildman–Crippen LogP) is 2.77. The lowest BCUT2D eigenvalue weighted by Gasteiger charge is -1.98. The van der Waals surface area contributed by atoms with Crippen LogP contribution < -0.4 is 0 Å². The van der Waals surface area contributed by atoms with E-state index in [0.29, 0.717) is 11.4 Å². The van der Waals surface area contributed by atoms with Crippen LogP contribution in [0, 0.1) is 0 Å². The molecule has 108 valence electrons. The molecule has 0 radical (unpaired) electrons. The molecule has 0 atom stereocenters. The van der Waals surface area contributed by atoms with Crippen LogP contribution in [0.1, 0.15) is 10.4 Å². The van der Waals surface area contributed by atoms with Crippen molar-refractivity contribution >= 4 is 28.0 Å². The first-order chi connectivity index (χ1) is 10.8. The van der Waals surface area contributed by atoms with Gasteiger partial charge in [0.05, 0.1) is 4.88 Å². The molecule has 4 aromatic rings. The fourth-order valence-electron chi connectivity index (χ4n) is 2.33. The van der Waals surface area contributed by atoms with Crippen molar-refractivity contribution in [2.75, 3.05) is 0 Å². The summed E-state index contributed by atoms with van der Waals surface area (Å²) in [5, 5.41) is 15.1. The van der Waals surface area contributed by atoms with E-state index in [9.17, 15) is 4.79 Å². The number of nitrogens with zero attached hydrogens (tertiary/aromatic N) is 4. The van der Waals surface area contributed by atoms with Crippen molar-refractivity contribution in [1.29, 1.82) is 0 Å². The first-order valence-electron chi connectivity index (χ1n) is 6.72. The highest BCUT2D eigenvalue weighted by molar-refractivity contribution is 7.13. The summed E-state index contributed by atoms with van der Waals surface area (Å²) in [6.45, 7) is 0.0697. The molecular weight excluding hydrogens is 298 g/mol. The molecule has 1 N–H and O–H groups in total. The van der Waals surface area contributed by atoms with Gasteiger partial charge in [-0.15, -0.1) is 21.5 Å². The van der Waals surface area contributed by atoms with Gasteiger partial charge in [-0.05, 0) is 22.7 Å². The molecule has 0 unspecified atom stereocenters. The smallest absolute Gasteiger partial charge is 0.214 e. The van der Waals surface area contributed by atoms with Gasteiger partial charge in [0.25, 0.3) is 0 Å². The molecule has 1 aromatic carbocycles. The van der Waals surface area contributed by atoms with E-state index < -0.39 is 0 Å². The molecule has 7 heteroatoms. The molecule has 0 aliphatic heterocycles.